The predicted molar refractivity (Wildman–Crippen MR) is 111 cm³/mol. The fraction of sp³-hybridized carbons (Fsp3) is 0.0455. The second kappa shape index (κ2) is 7.85. The van der Waals surface area contributed by atoms with Gasteiger partial charge in [0.2, 0.25) is 0 Å². The Bertz CT molecular complexity index is 1280. The minimum absolute atomic E-state index is 0.160. The topological polar surface area (TPSA) is 100 Å². The average molecular weight is 387 g/mol. The average Bonchev–Trinajstić information content (AvgIpc) is 3.35. The minimum atomic E-state index is -0.418. The molecule has 4 aromatic rings. The van der Waals surface area contributed by atoms with E-state index in [4.69, 9.17) is 9.15 Å². The van der Waals surface area contributed by atoms with Crippen molar-refractivity contribution in [1.82, 2.24) is 9.97 Å². The number of nitrogens with zero attached hydrogens (tertiary/aromatic N) is 1. The molecule has 0 bridgehead atoms. The fourth-order valence-corrected chi connectivity index (χ4v) is 2.83. The van der Waals surface area contributed by atoms with Gasteiger partial charge >= 0.3 is 11.7 Å². The molecular formula is C22H17N3O4. The van der Waals surface area contributed by atoms with Crippen LogP contribution in [0, 0.1) is 0 Å². The van der Waals surface area contributed by atoms with Crippen LogP contribution in [0.1, 0.15) is 16.1 Å². The van der Waals surface area contributed by atoms with Crippen molar-refractivity contribution in [1.29, 1.82) is 0 Å². The molecule has 2 aromatic carbocycles. The maximum absolute atomic E-state index is 12.0. The first kappa shape index (κ1) is 18.2. The maximum atomic E-state index is 12.0. The first-order valence-corrected chi connectivity index (χ1v) is 8.87. The van der Waals surface area contributed by atoms with Gasteiger partial charge in [0.15, 0.2) is 0 Å². The number of nitrogens with one attached hydrogen (secondary N) is 2. The molecule has 0 aliphatic carbocycles. The molecule has 29 heavy (non-hydrogen) atoms. The van der Waals surface area contributed by atoms with Crippen LogP contribution in [0.25, 0.3) is 22.4 Å². The van der Waals surface area contributed by atoms with Gasteiger partial charge in [-0.1, -0.05) is 24.8 Å². The number of benzene rings is 2. The van der Waals surface area contributed by atoms with E-state index in [1.54, 1.807) is 48.7 Å². The summed E-state index contributed by atoms with van der Waals surface area (Å²) in [6.07, 6.45) is 3.11. The van der Waals surface area contributed by atoms with Gasteiger partial charge in [0, 0.05) is 5.56 Å². The highest BCUT2D eigenvalue weighted by atomic mass is 16.5. The first-order chi connectivity index (χ1) is 14.1. The van der Waals surface area contributed by atoms with E-state index in [-0.39, 0.29) is 12.3 Å². The quantitative estimate of drug-likeness (QED) is 0.294. The van der Waals surface area contributed by atoms with Crippen LogP contribution >= 0.6 is 0 Å². The summed E-state index contributed by atoms with van der Waals surface area (Å²) in [7, 11) is 0. The van der Waals surface area contributed by atoms with E-state index in [9.17, 15) is 9.59 Å². The number of aromatic amines is 2. The van der Waals surface area contributed by atoms with Crippen molar-refractivity contribution in [3.8, 4) is 11.3 Å². The van der Waals surface area contributed by atoms with Crippen molar-refractivity contribution in [2.24, 2.45) is 4.99 Å². The molecule has 0 spiro atoms. The third-order valence-electron chi connectivity index (χ3n) is 4.18. The van der Waals surface area contributed by atoms with Crippen molar-refractivity contribution < 1.29 is 13.9 Å². The standard InChI is InChI=1S/C22H17N3O4/c1-2-10-28-21(26)15-5-3-4-14(11-15)20-9-7-17(29-20)13-23-16-6-8-18-19(12-16)25-22(27)24-18/h2-9,11-13H,1,10H2,(H2,24,25,27). The number of H-pyrrole nitrogens is 2. The number of rotatable bonds is 6. The molecular weight excluding hydrogens is 370 g/mol. The highest BCUT2D eigenvalue weighted by Crippen LogP contribution is 2.24. The van der Waals surface area contributed by atoms with Crippen molar-refractivity contribution in [3.63, 3.8) is 0 Å². The summed E-state index contributed by atoms with van der Waals surface area (Å²) in [5.74, 6) is 0.746. The maximum Gasteiger partial charge on any atom is 0.338 e. The fourth-order valence-electron chi connectivity index (χ4n) is 2.83. The van der Waals surface area contributed by atoms with E-state index in [0.29, 0.717) is 28.3 Å². The molecule has 7 nitrogen and oxygen atoms in total. The number of ether oxygens (including phenoxy) is 1. The Morgan fingerprint density at radius 1 is 1.10 bits per heavy atom. The summed E-state index contributed by atoms with van der Waals surface area (Å²) in [6, 6.07) is 16.0. The number of carbonyl (C=O) groups excluding carboxylic acids is 1. The van der Waals surface area contributed by atoms with Crippen LogP contribution in [-0.4, -0.2) is 28.8 Å². The second-order valence-electron chi connectivity index (χ2n) is 6.24. The number of aromatic nitrogens is 2. The Balaban J connectivity index is 1.53. The summed E-state index contributed by atoms with van der Waals surface area (Å²) in [6.45, 7) is 3.69. The lowest BCUT2D eigenvalue weighted by Gasteiger charge is -2.03. The molecule has 4 rings (SSSR count). The third-order valence-corrected chi connectivity index (χ3v) is 4.18. The number of carbonyl (C=O) groups is 1. The van der Waals surface area contributed by atoms with Crippen LogP contribution in [0.2, 0.25) is 0 Å². The zero-order valence-electron chi connectivity index (χ0n) is 15.3. The van der Waals surface area contributed by atoms with Gasteiger partial charge in [-0.3, -0.25) is 4.99 Å². The summed E-state index contributed by atoms with van der Waals surface area (Å²) in [4.78, 5) is 33.1. The van der Waals surface area contributed by atoms with Crippen LogP contribution in [-0.2, 0) is 4.74 Å². The molecule has 2 N–H and O–H groups in total. The molecule has 0 amide bonds. The summed E-state index contributed by atoms with van der Waals surface area (Å²) >= 11 is 0. The Kier molecular flexibility index (Phi) is 4.94. The molecule has 0 aliphatic rings. The zero-order chi connectivity index (χ0) is 20.2. The van der Waals surface area contributed by atoms with Crippen molar-refractivity contribution in [3.05, 3.63) is 89.1 Å². The van der Waals surface area contributed by atoms with Gasteiger partial charge in [0.25, 0.3) is 0 Å². The Morgan fingerprint density at radius 2 is 1.97 bits per heavy atom. The van der Waals surface area contributed by atoms with E-state index in [2.05, 4.69) is 21.5 Å². The lowest BCUT2D eigenvalue weighted by atomic mass is 10.1. The summed E-state index contributed by atoms with van der Waals surface area (Å²) in [5, 5.41) is 0. The number of furan rings is 1. The highest BCUT2D eigenvalue weighted by Gasteiger charge is 2.10. The third kappa shape index (κ3) is 4.08. The van der Waals surface area contributed by atoms with Crippen LogP contribution < -0.4 is 5.69 Å². The van der Waals surface area contributed by atoms with Gasteiger partial charge in [0.05, 0.1) is 28.5 Å². The van der Waals surface area contributed by atoms with Crippen LogP contribution in [0.3, 0.4) is 0 Å². The number of imidazole rings is 1. The number of hydrogen-bond acceptors (Lipinski definition) is 5. The monoisotopic (exact) mass is 387 g/mol. The first-order valence-electron chi connectivity index (χ1n) is 8.87. The predicted octanol–water partition coefficient (Wildman–Crippen LogP) is 4.21. The lowest BCUT2D eigenvalue weighted by Crippen LogP contribution is -2.04. The van der Waals surface area contributed by atoms with Crippen molar-refractivity contribution in [2.75, 3.05) is 6.61 Å². The molecule has 0 saturated heterocycles. The van der Waals surface area contributed by atoms with Crippen LogP contribution in [0.5, 0.6) is 0 Å². The molecule has 144 valence electrons. The molecule has 0 fully saturated rings. The molecule has 0 unspecified atom stereocenters. The largest absolute Gasteiger partial charge is 0.458 e. The molecule has 7 heteroatoms. The smallest absolute Gasteiger partial charge is 0.338 e. The van der Waals surface area contributed by atoms with Crippen molar-refractivity contribution >= 4 is 28.9 Å². The summed E-state index contributed by atoms with van der Waals surface area (Å²) in [5.41, 5.74) is 3.02. The van der Waals surface area contributed by atoms with Gasteiger partial charge in [-0.05, 0) is 42.5 Å². The number of fused-ring (bicyclic) bond motifs is 1. The van der Waals surface area contributed by atoms with Gasteiger partial charge < -0.3 is 19.1 Å². The lowest BCUT2D eigenvalue weighted by molar-refractivity contribution is 0.0550. The number of hydrogen-bond donors (Lipinski definition) is 2. The second-order valence-corrected chi connectivity index (χ2v) is 6.24. The summed E-state index contributed by atoms with van der Waals surface area (Å²) < 4.78 is 10.9. The Labute approximate surface area is 165 Å². The van der Waals surface area contributed by atoms with Crippen LogP contribution in [0.4, 0.5) is 5.69 Å². The molecule has 2 aromatic heterocycles. The minimum Gasteiger partial charge on any atom is -0.458 e. The van der Waals surface area contributed by atoms with E-state index in [1.165, 1.54) is 6.08 Å². The van der Waals surface area contributed by atoms with Gasteiger partial charge in [-0.2, -0.15) is 0 Å². The zero-order valence-corrected chi connectivity index (χ0v) is 15.3. The highest BCUT2D eigenvalue weighted by molar-refractivity contribution is 5.91. The van der Waals surface area contributed by atoms with E-state index in [1.807, 2.05) is 12.1 Å². The Hall–Kier alpha value is -4.13. The molecule has 0 atom stereocenters. The Morgan fingerprint density at radius 3 is 2.83 bits per heavy atom. The van der Waals surface area contributed by atoms with E-state index in [0.717, 1.165) is 11.1 Å². The molecule has 0 aliphatic heterocycles. The van der Waals surface area contributed by atoms with E-state index < -0.39 is 5.97 Å². The SMILES string of the molecule is C=CCOC(=O)c1cccc(-c2ccc(C=Nc3ccc4[nH]c(=O)[nH]c4c3)o2)c1. The normalized spacial score (nSPS) is 11.2. The number of esters is 1. The van der Waals surface area contributed by atoms with Gasteiger partial charge in [-0.25, -0.2) is 9.59 Å². The van der Waals surface area contributed by atoms with Gasteiger partial charge in [-0.15, -0.1) is 0 Å². The van der Waals surface area contributed by atoms with Crippen molar-refractivity contribution in [2.45, 2.75) is 0 Å². The van der Waals surface area contributed by atoms with Gasteiger partial charge in [0.1, 0.15) is 18.1 Å². The van der Waals surface area contributed by atoms with E-state index >= 15 is 0 Å². The molecule has 0 saturated carbocycles. The molecule has 2 heterocycles. The van der Waals surface area contributed by atoms with Crippen LogP contribution in [0.15, 0.2) is 81.5 Å². The molecule has 0 radical (unpaired) electrons. The number of aliphatic imine (C=N–C) groups is 1.